The number of para-hydroxylation sites is 1. The molecule has 0 atom stereocenters. The van der Waals surface area contributed by atoms with Crippen molar-refractivity contribution < 1.29 is 22.6 Å². The van der Waals surface area contributed by atoms with E-state index in [2.05, 4.69) is 20.3 Å². The first kappa shape index (κ1) is 24.4. The number of hydrogen-bond acceptors (Lipinski definition) is 7. The Morgan fingerprint density at radius 3 is 2.57 bits per heavy atom. The number of hydrogen-bond donors (Lipinski definition) is 2. The van der Waals surface area contributed by atoms with Crippen molar-refractivity contribution in [3.63, 3.8) is 0 Å². The predicted octanol–water partition coefficient (Wildman–Crippen LogP) is 5.12. The van der Waals surface area contributed by atoms with Gasteiger partial charge in [0.1, 0.15) is 11.6 Å². The summed E-state index contributed by atoms with van der Waals surface area (Å²) in [6, 6.07) is 14.3. The van der Waals surface area contributed by atoms with Crippen molar-refractivity contribution >= 4 is 22.9 Å². The Morgan fingerprint density at radius 1 is 1.08 bits per heavy atom. The normalized spacial score (nSPS) is 14.0. The summed E-state index contributed by atoms with van der Waals surface area (Å²) in [5.74, 6) is 0.665. The lowest BCUT2D eigenvalue weighted by Crippen LogP contribution is -2.36. The molecule has 3 N–H and O–H groups in total. The number of alkyl halides is 3. The second kappa shape index (κ2) is 10.0. The van der Waals surface area contributed by atoms with Crippen LogP contribution in [0.25, 0.3) is 16.8 Å². The molecule has 37 heavy (non-hydrogen) atoms. The molecule has 1 aliphatic heterocycles. The second-order valence-corrected chi connectivity index (χ2v) is 8.38. The van der Waals surface area contributed by atoms with E-state index in [0.29, 0.717) is 35.9 Å². The van der Waals surface area contributed by atoms with Crippen LogP contribution in [-0.4, -0.2) is 48.2 Å². The molecule has 0 radical (unpaired) electrons. The Bertz CT molecular complexity index is 1390. The summed E-state index contributed by atoms with van der Waals surface area (Å²) < 4.78 is 54.1. The quantitative estimate of drug-likeness (QED) is 0.372. The van der Waals surface area contributed by atoms with E-state index in [-0.39, 0.29) is 11.4 Å². The number of ether oxygens (including phenoxy) is 2. The van der Waals surface area contributed by atoms with Crippen molar-refractivity contribution in [2.75, 3.05) is 49.4 Å². The summed E-state index contributed by atoms with van der Waals surface area (Å²) in [5, 5.41) is 7.40. The fourth-order valence-corrected chi connectivity index (χ4v) is 4.34. The number of nitrogens with one attached hydrogen (secondary N) is 1. The third-order valence-electron chi connectivity index (χ3n) is 6.16. The van der Waals surface area contributed by atoms with Gasteiger partial charge >= 0.3 is 6.18 Å². The van der Waals surface area contributed by atoms with Gasteiger partial charge in [-0.05, 0) is 24.3 Å². The molecule has 2 aromatic heterocycles. The number of morpholine rings is 1. The van der Waals surface area contributed by atoms with E-state index in [9.17, 15) is 13.2 Å². The molecular weight excluding hydrogens is 485 g/mol. The molecule has 0 unspecified atom stereocenters. The summed E-state index contributed by atoms with van der Waals surface area (Å²) in [4.78, 5) is 6.34. The number of nitrogens with two attached hydrogens (primary N) is 1. The molecule has 0 saturated carbocycles. The van der Waals surface area contributed by atoms with Gasteiger partial charge in [0.05, 0.1) is 48.5 Å². The van der Waals surface area contributed by atoms with Crippen LogP contribution in [0.15, 0.2) is 67.1 Å². The zero-order chi connectivity index (χ0) is 26.0. The van der Waals surface area contributed by atoms with Crippen LogP contribution in [-0.2, 0) is 10.9 Å². The summed E-state index contributed by atoms with van der Waals surface area (Å²) in [7, 11) is 1.53. The van der Waals surface area contributed by atoms with E-state index in [1.54, 1.807) is 47.4 Å². The van der Waals surface area contributed by atoms with Crippen molar-refractivity contribution in [2.45, 2.75) is 6.18 Å². The van der Waals surface area contributed by atoms with Gasteiger partial charge in [0.2, 0.25) is 0 Å². The van der Waals surface area contributed by atoms with Crippen LogP contribution < -0.4 is 20.7 Å². The van der Waals surface area contributed by atoms with Gasteiger partial charge in [0.15, 0.2) is 0 Å². The molecule has 11 heteroatoms. The molecule has 0 aliphatic carbocycles. The first-order valence-electron chi connectivity index (χ1n) is 11.6. The Morgan fingerprint density at radius 2 is 1.86 bits per heavy atom. The zero-order valence-electron chi connectivity index (χ0n) is 20.0. The molecule has 0 spiro atoms. The van der Waals surface area contributed by atoms with Gasteiger partial charge in [-0.15, -0.1) is 0 Å². The van der Waals surface area contributed by atoms with Crippen LogP contribution >= 0.6 is 0 Å². The molecule has 192 valence electrons. The molecule has 1 fully saturated rings. The molecule has 4 aromatic rings. The maximum absolute atomic E-state index is 13.8. The van der Waals surface area contributed by atoms with E-state index >= 15 is 0 Å². The van der Waals surface area contributed by atoms with Gasteiger partial charge < -0.3 is 25.4 Å². The van der Waals surface area contributed by atoms with Crippen molar-refractivity contribution in [3.05, 3.63) is 72.7 Å². The standard InChI is InChI=1S/C26H25F3N6O2/c1-36-22-15-17(34-11-13-37-14-12-34)7-8-20(22)33-25-23(24(30)19(16-31-25)26(27,28)29)18-5-2-3-6-21(18)35-10-4-9-32-35/h2-10,15-16H,11-14H2,1H3,(H3,30,31,33). The van der Waals surface area contributed by atoms with Gasteiger partial charge in [-0.3, -0.25) is 0 Å². The van der Waals surface area contributed by atoms with Crippen LogP contribution in [0.5, 0.6) is 5.75 Å². The highest BCUT2D eigenvalue weighted by Gasteiger charge is 2.36. The number of anilines is 4. The van der Waals surface area contributed by atoms with Gasteiger partial charge in [0, 0.05) is 49.0 Å². The third-order valence-corrected chi connectivity index (χ3v) is 6.16. The maximum Gasteiger partial charge on any atom is 0.419 e. The van der Waals surface area contributed by atoms with Crippen molar-refractivity contribution in [3.8, 4) is 22.6 Å². The summed E-state index contributed by atoms with van der Waals surface area (Å²) in [6.07, 6.45) is -0.643. The van der Waals surface area contributed by atoms with Crippen LogP contribution in [0, 0.1) is 0 Å². The number of halogens is 3. The summed E-state index contributed by atoms with van der Waals surface area (Å²) in [5.41, 5.74) is 7.33. The highest BCUT2D eigenvalue weighted by Crippen LogP contribution is 2.44. The topological polar surface area (TPSA) is 90.5 Å². The highest BCUT2D eigenvalue weighted by molar-refractivity contribution is 5.93. The second-order valence-electron chi connectivity index (χ2n) is 8.38. The first-order chi connectivity index (χ1) is 17.9. The number of benzene rings is 2. The number of aromatic nitrogens is 3. The van der Waals surface area contributed by atoms with Gasteiger partial charge in [-0.2, -0.15) is 18.3 Å². The number of rotatable bonds is 6. The lowest BCUT2D eigenvalue weighted by Gasteiger charge is -2.29. The minimum absolute atomic E-state index is 0.111. The molecule has 1 aliphatic rings. The van der Waals surface area contributed by atoms with Crippen LogP contribution in [0.4, 0.5) is 36.1 Å². The van der Waals surface area contributed by atoms with Gasteiger partial charge in [-0.25, -0.2) is 9.67 Å². The highest BCUT2D eigenvalue weighted by atomic mass is 19.4. The minimum Gasteiger partial charge on any atom is -0.494 e. The molecule has 3 heterocycles. The predicted molar refractivity (Wildman–Crippen MR) is 136 cm³/mol. The zero-order valence-corrected chi connectivity index (χ0v) is 20.0. The van der Waals surface area contributed by atoms with Crippen molar-refractivity contribution in [1.82, 2.24) is 14.8 Å². The molecule has 2 aromatic carbocycles. The Kier molecular flexibility index (Phi) is 6.62. The Balaban J connectivity index is 1.62. The van der Waals surface area contributed by atoms with Crippen molar-refractivity contribution in [2.24, 2.45) is 0 Å². The van der Waals surface area contributed by atoms with E-state index in [1.165, 1.54) is 7.11 Å². The lowest BCUT2D eigenvalue weighted by atomic mass is 9.99. The largest absolute Gasteiger partial charge is 0.494 e. The molecular formula is C26H25F3N6O2. The number of pyridine rings is 1. The summed E-state index contributed by atoms with van der Waals surface area (Å²) in [6.45, 7) is 2.77. The van der Waals surface area contributed by atoms with Gasteiger partial charge in [0.25, 0.3) is 0 Å². The lowest BCUT2D eigenvalue weighted by molar-refractivity contribution is -0.137. The van der Waals surface area contributed by atoms with Crippen LogP contribution in [0.1, 0.15) is 5.56 Å². The Labute approximate surface area is 211 Å². The van der Waals surface area contributed by atoms with Crippen LogP contribution in [0.2, 0.25) is 0 Å². The number of nitrogen functional groups attached to an aromatic ring is 1. The average molecular weight is 511 g/mol. The fraction of sp³-hybridized carbons (Fsp3) is 0.231. The maximum atomic E-state index is 13.8. The summed E-state index contributed by atoms with van der Waals surface area (Å²) >= 11 is 0. The van der Waals surface area contributed by atoms with E-state index < -0.39 is 17.4 Å². The molecule has 8 nitrogen and oxygen atoms in total. The molecule has 0 bridgehead atoms. The molecule has 1 saturated heterocycles. The van der Waals surface area contributed by atoms with E-state index in [4.69, 9.17) is 15.2 Å². The number of methoxy groups -OCH3 is 1. The Hall–Kier alpha value is -4.25. The molecule has 5 rings (SSSR count). The van der Waals surface area contributed by atoms with Crippen LogP contribution in [0.3, 0.4) is 0 Å². The average Bonchev–Trinajstić information content (AvgIpc) is 3.44. The smallest absolute Gasteiger partial charge is 0.419 e. The monoisotopic (exact) mass is 510 g/mol. The number of nitrogens with zero attached hydrogens (tertiary/aromatic N) is 4. The fourth-order valence-electron chi connectivity index (χ4n) is 4.34. The van der Waals surface area contributed by atoms with E-state index in [0.717, 1.165) is 25.0 Å². The van der Waals surface area contributed by atoms with Gasteiger partial charge in [-0.1, -0.05) is 18.2 Å². The van der Waals surface area contributed by atoms with E-state index in [1.807, 2.05) is 18.2 Å². The SMILES string of the molecule is COc1cc(N2CCOCC2)ccc1Nc1ncc(C(F)(F)F)c(N)c1-c1ccccc1-n1cccn1. The third kappa shape index (κ3) is 4.90. The van der Waals surface area contributed by atoms with Crippen molar-refractivity contribution in [1.29, 1.82) is 0 Å². The first-order valence-corrected chi connectivity index (χ1v) is 11.6. The minimum atomic E-state index is -4.68. The molecule has 0 amide bonds.